The number of carbonyl (C=O) groups excluding carboxylic acids is 1. The molecule has 72 valence electrons. The molecule has 0 fully saturated rings. The summed E-state index contributed by atoms with van der Waals surface area (Å²) in [5.41, 5.74) is 1.14. The lowest BCUT2D eigenvalue weighted by Gasteiger charge is -1.99. The number of cyclic esters (lactones) is 1. The van der Waals surface area contributed by atoms with Crippen molar-refractivity contribution < 1.29 is 9.53 Å². The molecule has 0 bridgehead atoms. The van der Waals surface area contributed by atoms with Gasteiger partial charge in [-0.2, -0.15) is 0 Å². The van der Waals surface area contributed by atoms with Crippen LogP contribution in [0.15, 0.2) is 24.3 Å². The number of hydrogen-bond acceptors (Lipinski definition) is 2. The summed E-state index contributed by atoms with van der Waals surface area (Å²) in [6.07, 6.45) is 9.21. The average Bonchev–Trinajstić information content (AvgIpc) is 2.51. The Bertz CT molecular complexity index is 216. The van der Waals surface area contributed by atoms with Crippen LogP contribution in [0, 0.1) is 0 Å². The number of carbonyl (C=O) groups is 1. The highest BCUT2D eigenvalue weighted by molar-refractivity contribution is 5.85. The van der Waals surface area contributed by atoms with Crippen LogP contribution in [0.5, 0.6) is 0 Å². The van der Waals surface area contributed by atoms with Gasteiger partial charge in [-0.15, -0.1) is 6.58 Å². The van der Waals surface area contributed by atoms with Crippen LogP contribution in [0.25, 0.3) is 0 Å². The van der Waals surface area contributed by atoms with Crippen LogP contribution in [0.4, 0.5) is 0 Å². The first-order valence-corrected chi connectivity index (χ1v) is 4.80. The third kappa shape index (κ3) is 3.92. The molecule has 1 aliphatic rings. The predicted molar refractivity (Wildman–Crippen MR) is 52.3 cm³/mol. The van der Waals surface area contributed by atoms with Gasteiger partial charge in [0.2, 0.25) is 0 Å². The zero-order chi connectivity index (χ0) is 9.52. The summed E-state index contributed by atoms with van der Waals surface area (Å²) >= 11 is 0. The van der Waals surface area contributed by atoms with Crippen molar-refractivity contribution in [3.05, 3.63) is 24.3 Å². The molecule has 0 saturated heterocycles. The van der Waals surface area contributed by atoms with Crippen molar-refractivity contribution in [3.63, 3.8) is 0 Å². The fraction of sp³-hybridized carbons (Fsp3) is 0.545. The van der Waals surface area contributed by atoms with Gasteiger partial charge in [0, 0.05) is 6.08 Å². The zero-order valence-corrected chi connectivity index (χ0v) is 7.92. The fourth-order valence-electron chi connectivity index (χ4n) is 1.38. The average molecular weight is 180 g/mol. The Morgan fingerprint density at radius 3 is 2.92 bits per heavy atom. The Morgan fingerprint density at radius 1 is 1.46 bits per heavy atom. The molecule has 0 aromatic heterocycles. The van der Waals surface area contributed by atoms with E-state index in [0.29, 0.717) is 6.61 Å². The predicted octanol–water partition coefficient (Wildman–Crippen LogP) is 2.61. The Hall–Kier alpha value is -1.05. The SMILES string of the molecule is C=CCCCCCC1=CC(=O)OC1. The van der Waals surface area contributed by atoms with E-state index in [2.05, 4.69) is 6.58 Å². The van der Waals surface area contributed by atoms with Gasteiger partial charge in [-0.05, 0) is 31.3 Å². The van der Waals surface area contributed by atoms with Crippen LogP contribution >= 0.6 is 0 Å². The molecule has 0 spiro atoms. The topological polar surface area (TPSA) is 26.3 Å². The standard InChI is InChI=1S/C11H16O2/c1-2-3-4-5-6-7-10-8-11(12)13-9-10/h2,8H,1,3-7,9H2. The molecule has 13 heavy (non-hydrogen) atoms. The molecule has 0 N–H and O–H groups in total. The minimum Gasteiger partial charge on any atom is -0.458 e. The first-order chi connectivity index (χ1) is 6.33. The molecule has 0 saturated carbocycles. The van der Waals surface area contributed by atoms with Crippen molar-refractivity contribution >= 4 is 5.97 Å². The van der Waals surface area contributed by atoms with Crippen LogP contribution in [0.2, 0.25) is 0 Å². The number of allylic oxidation sites excluding steroid dienone is 1. The summed E-state index contributed by atoms with van der Waals surface area (Å²) in [5, 5.41) is 0. The number of esters is 1. The Morgan fingerprint density at radius 2 is 2.31 bits per heavy atom. The summed E-state index contributed by atoms with van der Waals surface area (Å²) in [6.45, 7) is 4.18. The maximum absolute atomic E-state index is 10.7. The van der Waals surface area contributed by atoms with E-state index in [4.69, 9.17) is 4.74 Å². The van der Waals surface area contributed by atoms with Gasteiger partial charge in [0.15, 0.2) is 0 Å². The molecule has 0 atom stereocenters. The molecule has 0 unspecified atom stereocenters. The summed E-state index contributed by atoms with van der Waals surface area (Å²) in [6, 6.07) is 0. The molecule has 1 heterocycles. The second-order valence-corrected chi connectivity index (χ2v) is 3.30. The second kappa shape index (κ2) is 5.57. The third-order valence-electron chi connectivity index (χ3n) is 2.13. The van der Waals surface area contributed by atoms with Gasteiger partial charge in [-0.25, -0.2) is 4.79 Å². The van der Waals surface area contributed by atoms with Crippen molar-refractivity contribution in [1.29, 1.82) is 0 Å². The fourth-order valence-corrected chi connectivity index (χ4v) is 1.38. The maximum Gasteiger partial charge on any atom is 0.331 e. The molecular formula is C11H16O2. The number of rotatable bonds is 6. The van der Waals surface area contributed by atoms with E-state index in [-0.39, 0.29) is 5.97 Å². The highest BCUT2D eigenvalue weighted by atomic mass is 16.5. The molecule has 1 aliphatic heterocycles. The van der Waals surface area contributed by atoms with Crippen LogP contribution in [-0.2, 0) is 9.53 Å². The lowest BCUT2D eigenvalue weighted by Crippen LogP contribution is -1.91. The molecule has 0 aromatic rings. The highest BCUT2D eigenvalue weighted by Crippen LogP contribution is 2.14. The van der Waals surface area contributed by atoms with E-state index in [1.165, 1.54) is 12.8 Å². The highest BCUT2D eigenvalue weighted by Gasteiger charge is 2.11. The van der Waals surface area contributed by atoms with Crippen molar-refractivity contribution in [1.82, 2.24) is 0 Å². The van der Waals surface area contributed by atoms with E-state index < -0.39 is 0 Å². The van der Waals surface area contributed by atoms with Gasteiger partial charge in [0.1, 0.15) is 6.61 Å². The Balaban J connectivity index is 2.03. The van der Waals surface area contributed by atoms with E-state index in [0.717, 1.165) is 24.8 Å². The number of ether oxygens (including phenoxy) is 1. The van der Waals surface area contributed by atoms with Gasteiger partial charge < -0.3 is 4.74 Å². The first kappa shape index (κ1) is 10.0. The van der Waals surface area contributed by atoms with E-state index in [1.807, 2.05) is 6.08 Å². The number of hydrogen-bond donors (Lipinski definition) is 0. The van der Waals surface area contributed by atoms with Gasteiger partial charge in [-0.1, -0.05) is 12.5 Å². The molecule has 0 aliphatic carbocycles. The summed E-state index contributed by atoms with van der Waals surface area (Å²) in [4.78, 5) is 10.7. The first-order valence-electron chi connectivity index (χ1n) is 4.80. The van der Waals surface area contributed by atoms with Crippen LogP contribution in [0.3, 0.4) is 0 Å². The van der Waals surface area contributed by atoms with Crippen LogP contribution in [-0.4, -0.2) is 12.6 Å². The molecule has 2 heteroatoms. The molecular weight excluding hydrogens is 164 g/mol. The molecule has 0 aromatic carbocycles. The van der Waals surface area contributed by atoms with E-state index >= 15 is 0 Å². The van der Waals surface area contributed by atoms with E-state index in [9.17, 15) is 4.79 Å². The molecule has 0 amide bonds. The monoisotopic (exact) mass is 180 g/mol. The minimum atomic E-state index is -0.180. The normalized spacial score (nSPS) is 15.4. The largest absolute Gasteiger partial charge is 0.458 e. The van der Waals surface area contributed by atoms with E-state index in [1.54, 1.807) is 6.08 Å². The Kier molecular flexibility index (Phi) is 4.30. The lowest BCUT2D eigenvalue weighted by atomic mass is 10.1. The zero-order valence-electron chi connectivity index (χ0n) is 7.92. The van der Waals surface area contributed by atoms with Crippen molar-refractivity contribution in [2.45, 2.75) is 32.1 Å². The minimum absolute atomic E-state index is 0.180. The summed E-state index contributed by atoms with van der Waals surface area (Å²) < 4.78 is 4.80. The number of unbranched alkanes of at least 4 members (excludes halogenated alkanes) is 3. The second-order valence-electron chi connectivity index (χ2n) is 3.30. The van der Waals surface area contributed by atoms with Crippen LogP contribution in [0.1, 0.15) is 32.1 Å². The van der Waals surface area contributed by atoms with Gasteiger partial charge in [-0.3, -0.25) is 0 Å². The van der Waals surface area contributed by atoms with Crippen molar-refractivity contribution in [2.24, 2.45) is 0 Å². The maximum atomic E-state index is 10.7. The van der Waals surface area contributed by atoms with Crippen molar-refractivity contribution in [2.75, 3.05) is 6.61 Å². The van der Waals surface area contributed by atoms with Crippen LogP contribution < -0.4 is 0 Å². The van der Waals surface area contributed by atoms with Gasteiger partial charge in [0.05, 0.1) is 0 Å². The lowest BCUT2D eigenvalue weighted by molar-refractivity contribution is -0.134. The van der Waals surface area contributed by atoms with Gasteiger partial charge in [0.25, 0.3) is 0 Å². The summed E-state index contributed by atoms with van der Waals surface area (Å²) in [7, 11) is 0. The quantitative estimate of drug-likeness (QED) is 0.357. The summed E-state index contributed by atoms with van der Waals surface area (Å²) in [5.74, 6) is -0.180. The van der Waals surface area contributed by atoms with Gasteiger partial charge >= 0.3 is 5.97 Å². The Labute approximate surface area is 79.3 Å². The molecule has 0 radical (unpaired) electrons. The molecule has 2 nitrogen and oxygen atoms in total. The smallest absolute Gasteiger partial charge is 0.331 e. The molecule has 1 rings (SSSR count). The third-order valence-corrected chi connectivity index (χ3v) is 2.13. The van der Waals surface area contributed by atoms with Crippen molar-refractivity contribution in [3.8, 4) is 0 Å².